The molecule has 0 bridgehead atoms. The van der Waals surface area contributed by atoms with Gasteiger partial charge in [0.2, 0.25) is 0 Å². The number of benzene rings is 11. The molecule has 0 fully saturated rings. The fourth-order valence-electron chi connectivity index (χ4n) is 10.5. The third-order valence-corrected chi connectivity index (χ3v) is 13.3. The first kappa shape index (κ1) is 37.5. The largest absolute Gasteiger partial charge is 0.310 e. The normalized spacial score (nSPS) is 12.5. The molecular weight excluding hydrogens is 771 g/mol. The number of hydrogen-bond acceptors (Lipinski definition) is 1. The molecule has 0 spiro atoms. The molecule has 11 aromatic rings. The third kappa shape index (κ3) is 6.08. The van der Waals surface area contributed by atoms with Crippen molar-refractivity contribution in [2.24, 2.45) is 0 Å². The fourth-order valence-corrected chi connectivity index (χ4v) is 10.5. The SMILES string of the molecule is c1ccc(-c2ccc(N(c3ccc4c(c3)C(c3ccccc3)(c3ccccc3)c3ccccc3-4)c3ccccc3-c3ccc4ccc5ccccc5c4c3)cc2-c2ccccc2)cc1. The van der Waals surface area contributed by atoms with E-state index in [1.165, 1.54) is 82.7 Å². The average molecular weight is 814 g/mol. The lowest BCUT2D eigenvalue weighted by Crippen LogP contribution is -2.28. The van der Waals surface area contributed by atoms with E-state index in [2.05, 4.69) is 266 Å². The van der Waals surface area contributed by atoms with Crippen LogP contribution >= 0.6 is 0 Å². The molecule has 12 rings (SSSR count). The van der Waals surface area contributed by atoms with Gasteiger partial charge in [-0.25, -0.2) is 0 Å². The van der Waals surface area contributed by atoms with Gasteiger partial charge in [0.15, 0.2) is 0 Å². The van der Waals surface area contributed by atoms with E-state index in [4.69, 9.17) is 0 Å². The zero-order chi connectivity index (χ0) is 42.5. The molecule has 0 radical (unpaired) electrons. The molecule has 0 aliphatic heterocycles. The summed E-state index contributed by atoms with van der Waals surface area (Å²) in [6.45, 7) is 0. The van der Waals surface area contributed by atoms with Crippen molar-refractivity contribution in [1.29, 1.82) is 0 Å². The molecule has 64 heavy (non-hydrogen) atoms. The first-order chi connectivity index (χ1) is 31.8. The van der Waals surface area contributed by atoms with Crippen molar-refractivity contribution in [2.75, 3.05) is 4.90 Å². The molecule has 0 amide bonds. The van der Waals surface area contributed by atoms with Gasteiger partial charge >= 0.3 is 0 Å². The Morgan fingerprint density at radius 3 is 1.47 bits per heavy atom. The van der Waals surface area contributed by atoms with E-state index >= 15 is 0 Å². The maximum atomic E-state index is 2.49. The van der Waals surface area contributed by atoms with Crippen LogP contribution in [0.25, 0.3) is 66.1 Å². The van der Waals surface area contributed by atoms with Gasteiger partial charge in [-0.05, 0) is 119 Å². The summed E-state index contributed by atoms with van der Waals surface area (Å²) in [4.78, 5) is 2.49. The molecule has 0 aromatic heterocycles. The van der Waals surface area contributed by atoms with E-state index in [0.29, 0.717) is 0 Å². The Labute approximate surface area is 374 Å². The highest BCUT2D eigenvalue weighted by atomic mass is 15.1. The topological polar surface area (TPSA) is 3.24 Å². The predicted octanol–water partition coefficient (Wildman–Crippen LogP) is 16.8. The van der Waals surface area contributed by atoms with E-state index in [0.717, 1.165) is 22.6 Å². The third-order valence-electron chi connectivity index (χ3n) is 13.3. The Morgan fingerprint density at radius 2 is 0.766 bits per heavy atom. The number of fused-ring (bicyclic) bond motifs is 6. The van der Waals surface area contributed by atoms with Crippen molar-refractivity contribution in [3.8, 4) is 44.5 Å². The fraction of sp³-hybridized carbons (Fsp3) is 0.0159. The Kier molecular flexibility index (Phi) is 9.13. The van der Waals surface area contributed by atoms with Crippen LogP contribution < -0.4 is 4.90 Å². The molecule has 1 nitrogen and oxygen atoms in total. The smallest absolute Gasteiger partial charge is 0.0714 e. The van der Waals surface area contributed by atoms with E-state index < -0.39 is 5.41 Å². The number of nitrogens with zero attached hydrogens (tertiary/aromatic N) is 1. The summed E-state index contributed by atoms with van der Waals surface area (Å²) in [7, 11) is 0. The van der Waals surface area contributed by atoms with Gasteiger partial charge < -0.3 is 4.90 Å². The van der Waals surface area contributed by atoms with Crippen molar-refractivity contribution in [3.63, 3.8) is 0 Å². The van der Waals surface area contributed by atoms with Gasteiger partial charge in [0, 0.05) is 16.9 Å². The van der Waals surface area contributed by atoms with E-state index in [1.54, 1.807) is 0 Å². The Morgan fingerprint density at radius 1 is 0.266 bits per heavy atom. The second-order valence-corrected chi connectivity index (χ2v) is 16.8. The lowest BCUT2D eigenvalue weighted by atomic mass is 9.67. The lowest BCUT2D eigenvalue weighted by Gasteiger charge is -2.35. The van der Waals surface area contributed by atoms with Crippen molar-refractivity contribution in [1.82, 2.24) is 0 Å². The summed E-state index contributed by atoms with van der Waals surface area (Å²) >= 11 is 0. The second kappa shape index (κ2) is 15.6. The van der Waals surface area contributed by atoms with Crippen molar-refractivity contribution < 1.29 is 0 Å². The van der Waals surface area contributed by atoms with Crippen LogP contribution in [0, 0.1) is 0 Å². The van der Waals surface area contributed by atoms with Crippen LogP contribution in [-0.2, 0) is 5.41 Å². The van der Waals surface area contributed by atoms with Crippen LogP contribution in [0.5, 0.6) is 0 Å². The van der Waals surface area contributed by atoms with Gasteiger partial charge in [0.1, 0.15) is 0 Å². The molecule has 1 aliphatic rings. The first-order valence-electron chi connectivity index (χ1n) is 22.2. The number of rotatable bonds is 8. The highest BCUT2D eigenvalue weighted by molar-refractivity contribution is 6.09. The van der Waals surface area contributed by atoms with Crippen LogP contribution in [0.2, 0.25) is 0 Å². The number of para-hydroxylation sites is 1. The first-order valence-corrected chi connectivity index (χ1v) is 22.2. The van der Waals surface area contributed by atoms with Crippen LogP contribution in [-0.4, -0.2) is 0 Å². The van der Waals surface area contributed by atoms with Gasteiger partial charge in [0.05, 0.1) is 11.1 Å². The minimum Gasteiger partial charge on any atom is -0.310 e. The van der Waals surface area contributed by atoms with E-state index in [1.807, 2.05) is 0 Å². The molecule has 0 saturated carbocycles. The van der Waals surface area contributed by atoms with Gasteiger partial charge in [-0.1, -0.05) is 224 Å². The van der Waals surface area contributed by atoms with Gasteiger partial charge in [-0.2, -0.15) is 0 Å². The van der Waals surface area contributed by atoms with Crippen molar-refractivity contribution in [2.45, 2.75) is 5.41 Å². The molecule has 0 heterocycles. The standard InChI is InChI=1S/C63H43N/c1-5-19-44(20-6-1)54-39-37-51(42-59(54)45-21-7-2-8-22-45)64(62-32-18-16-29-55(62)48-36-35-47-34-33-46-23-13-14-28-53(46)58(47)41-48)52-38-40-57-56-30-15-17-31-60(56)63(61(57)43-52,49-24-9-3-10-25-49)50-26-11-4-12-27-50/h1-43H. The summed E-state index contributed by atoms with van der Waals surface area (Å²) in [6.07, 6.45) is 0. The Balaban J connectivity index is 1.14. The van der Waals surface area contributed by atoms with Gasteiger partial charge in [-0.3, -0.25) is 0 Å². The highest BCUT2D eigenvalue weighted by Crippen LogP contribution is 2.57. The monoisotopic (exact) mass is 813 g/mol. The molecule has 11 aromatic carbocycles. The zero-order valence-corrected chi connectivity index (χ0v) is 35.3. The second-order valence-electron chi connectivity index (χ2n) is 16.8. The minimum atomic E-state index is -0.540. The van der Waals surface area contributed by atoms with Crippen LogP contribution in [0.4, 0.5) is 17.1 Å². The number of anilines is 3. The van der Waals surface area contributed by atoms with Crippen LogP contribution in [0.3, 0.4) is 0 Å². The molecule has 1 heteroatoms. The maximum Gasteiger partial charge on any atom is 0.0714 e. The highest BCUT2D eigenvalue weighted by Gasteiger charge is 2.46. The minimum absolute atomic E-state index is 0.540. The average Bonchev–Trinajstić information content (AvgIpc) is 3.68. The summed E-state index contributed by atoms with van der Waals surface area (Å²) in [5.74, 6) is 0. The van der Waals surface area contributed by atoms with E-state index in [9.17, 15) is 0 Å². The summed E-state index contributed by atoms with van der Waals surface area (Å²) in [5.41, 5.74) is 17.4. The lowest BCUT2D eigenvalue weighted by molar-refractivity contribution is 0.768. The Bertz CT molecular complexity index is 3440. The molecule has 1 aliphatic carbocycles. The molecule has 0 N–H and O–H groups in total. The zero-order valence-electron chi connectivity index (χ0n) is 35.3. The predicted molar refractivity (Wildman–Crippen MR) is 270 cm³/mol. The molecule has 300 valence electrons. The van der Waals surface area contributed by atoms with Gasteiger partial charge in [-0.15, -0.1) is 0 Å². The summed E-state index contributed by atoms with van der Waals surface area (Å²) in [5, 5.41) is 4.99. The number of hydrogen-bond donors (Lipinski definition) is 0. The van der Waals surface area contributed by atoms with Crippen molar-refractivity contribution >= 4 is 38.6 Å². The van der Waals surface area contributed by atoms with E-state index in [-0.39, 0.29) is 0 Å². The molecular formula is C63H43N. The summed E-state index contributed by atoms with van der Waals surface area (Å²) in [6, 6.07) is 96.0. The van der Waals surface area contributed by atoms with Crippen LogP contribution in [0.1, 0.15) is 22.3 Å². The quantitative estimate of drug-likeness (QED) is 0.138. The molecule has 0 unspecified atom stereocenters. The van der Waals surface area contributed by atoms with Crippen molar-refractivity contribution in [3.05, 3.63) is 283 Å². The summed E-state index contributed by atoms with van der Waals surface area (Å²) < 4.78 is 0. The van der Waals surface area contributed by atoms with Crippen LogP contribution in [0.15, 0.2) is 261 Å². The van der Waals surface area contributed by atoms with Gasteiger partial charge in [0.25, 0.3) is 0 Å². The maximum absolute atomic E-state index is 2.49. The molecule has 0 saturated heterocycles. The Hall–Kier alpha value is -8.26. The molecule has 0 atom stereocenters.